The molecule has 0 bridgehead atoms. The van der Waals surface area contributed by atoms with Gasteiger partial charge in [0.15, 0.2) is 0 Å². The molecule has 0 aromatic carbocycles. The van der Waals surface area contributed by atoms with E-state index in [9.17, 15) is 4.79 Å². The molecule has 0 aliphatic carbocycles. The molecule has 0 rings (SSSR count). The molecular weight excluding hydrogens is 160 g/mol. The van der Waals surface area contributed by atoms with Crippen molar-refractivity contribution in [3.05, 3.63) is 12.2 Å². The van der Waals surface area contributed by atoms with Crippen molar-refractivity contribution < 1.29 is 9.90 Å². The number of hydrogen-bond acceptors (Lipinski definition) is 3. The second-order valence-corrected chi connectivity index (χ2v) is 3.98. The lowest BCUT2D eigenvalue weighted by Crippen LogP contribution is -2.17. The number of carbonyl (C=O) groups excluding carboxylic acids is 1. The van der Waals surface area contributed by atoms with Crippen molar-refractivity contribution in [2.45, 2.75) is 32.1 Å². The molecule has 0 fully saturated rings. The van der Waals surface area contributed by atoms with Gasteiger partial charge >= 0.3 is 0 Å². The predicted molar refractivity (Wildman–Crippen MR) is 48.6 cm³/mol. The van der Waals surface area contributed by atoms with E-state index in [1.807, 2.05) is 6.92 Å². The van der Waals surface area contributed by atoms with Crippen molar-refractivity contribution in [2.75, 3.05) is 0 Å². The quantitative estimate of drug-likeness (QED) is 0.660. The highest BCUT2D eigenvalue weighted by Gasteiger charge is 2.14. The van der Waals surface area contributed by atoms with Crippen molar-refractivity contribution in [2.24, 2.45) is 0 Å². The zero-order valence-corrected chi connectivity index (χ0v) is 7.94. The van der Waals surface area contributed by atoms with Crippen molar-refractivity contribution >= 4 is 16.9 Å². The molecule has 0 spiro atoms. The molecule has 3 heteroatoms. The normalized spacial score (nSPS) is 15.6. The van der Waals surface area contributed by atoms with E-state index in [2.05, 4.69) is 6.58 Å². The van der Waals surface area contributed by atoms with Crippen LogP contribution in [-0.2, 0) is 4.79 Å². The average Bonchev–Trinajstić information content (AvgIpc) is 1.87. The summed E-state index contributed by atoms with van der Waals surface area (Å²) < 4.78 is 0. The molecule has 0 saturated carbocycles. The molecule has 0 aliphatic heterocycles. The van der Waals surface area contributed by atoms with E-state index in [-0.39, 0.29) is 10.4 Å². The van der Waals surface area contributed by atoms with Crippen LogP contribution in [0.2, 0.25) is 0 Å². The summed E-state index contributed by atoms with van der Waals surface area (Å²) in [6, 6.07) is 0. The largest absolute Gasteiger partial charge is 0.392 e. The van der Waals surface area contributed by atoms with E-state index >= 15 is 0 Å². The predicted octanol–water partition coefficient (Wildman–Crippen LogP) is 1.59. The highest BCUT2D eigenvalue weighted by atomic mass is 32.2. The summed E-state index contributed by atoms with van der Waals surface area (Å²) in [5.74, 6) is 0. The van der Waals surface area contributed by atoms with Gasteiger partial charge in [-0.25, -0.2) is 0 Å². The van der Waals surface area contributed by atoms with Crippen LogP contribution in [0.15, 0.2) is 12.2 Å². The Morgan fingerprint density at radius 2 is 2.00 bits per heavy atom. The van der Waals surface area contributed by atoms with E-state index in [0.29, 0.717) is 5.57 Å². The summed E-state index contributed by atoms with van der Waals surface area (Å²) in [5, 5.41) is 8.95. The Labute approximate surface area is 71.7 Å². The van der Waals surface area contributed by atoms with E-state index in [1.54, 1.807) is 13.8 Å². The van der Waals surface area contributed by atoms with Gasteiger partial charge in [0, 0.05) is 5.25 Å². The minimum absolute atomic E-state index is 0.0431. The van der Waals surface area contributed by atoms with Crippen LogP contribution in [0.25, 0.3) is 0 Å². The van der Waals surface area contributed by atoms with Gasteiger partial charge in [0.25, 0.3) is 0 Å². The highest BCUT2D eigenvalue weighted by Crippen LogP contribution is 2.18. The zero-order valence-electron chi connectivity index (χ0n) is 7.13. The topological polar surface area (TPSA) is 37.3 Å². The lowest BCUT2D eigenvalue weighted by Gasteiger charge is -2.12. The fraction of sp³-hybridized carbons (Fsp3) is 0.625. The maximum Gasteiger partial charge on any atom is 0.214 e. The molecule has 0 aromatic rings. The third-order valence-electron chi connectivity index (χ3n) is 1.32. The summed E-state index contributed by atoms with van der Waals surface area (Å²) in [7, 11) is 0. The number of rotatable bonds is 3. The summed E-state index contributed by atoms with van der Waals surface area (Å²) in [6.45, 7) is 8.67. The first-order valence-corrected chi connectivity index (χ1v) is 4.37. The van der Waals surface area contributed by atoms with Crippen LogP contribution in [0.5, 0.6) is 0 Å². The van der Waals surface area contributed by atoms with Gasteiger partial charge in [-0.3, -0.25) is 4.79 Å². The van der Waals surface area contributed by atoms with Crippen molar-refractivity contribution in [3.8, 4) is 0 Å². The molecule has 0 amide bonds. The lowest BCUT2D eigenvalue weighted by atomic mass is 10.3. The number of carbonyl (C=O) groups is 1. The van der Waals surface area contributed by atoms with Crippen LogP contribution in [0.1, 0.15) is 20.8 Å². The molecule has 0 saturated heterocycles. The Balaban J connectivity index is 3.85. The van der Waals surface area contributed by atoms with Gasteiger partial charge in [0.2, 0.25) is 5.12 Å². The Morgan fingerprint density at radius 3 is 2.27 bits per heavy atom. The van der Waals surface area contributed by atoms with Gasteiger partial charge in [0.1, 0.15) is 0 Å². The Kier molecular flexibility index (Phi) is 4.45. The van der Waals surface area contributed by atoms with Crippen LogP contribution in [-0.4, -0.2) is 21.6 Å². The summed E-state index contributed by atoms with van der Waals surface area (Å²) >= 11 is 1.13. The Hall–Kier alpha value is -0.280. The third kappa shape index (κ3) is 4.22. The molecule has 64 valence electrons. The molecule has 1 N–H and O–H groups in total. The lowest BCUT2D eigenvalue weighted by molar-refractivity contribution is -0.107. The van der Waals surface area contributed by atoms with Gasteiger partial charge in [0.05, 0.1) is 6.10 Å². The van der Waals surface area contributed by atoms with Crippen molar-refractivity contribution in [1.29, 1.82) is 0 Å². The van der Waals surface area contributed by atoms with Crippen LogP contribution < -0.4 is 0 Å². The zero-order chi connectivity index (χ0) is 9.02. The van der Waals surface area contributed by atoms with Crippen LogP contribution >= 0.6 is 11.8 Å². The minimum atomic E-state index is -0.455. The molecular formula is C8H14O2S. The monoisotopic (exact) mass is 174 g/mol. The maximum atomic E-state index is 11.0. The summed E-state index contributed by atoms with van der Waals surface area (Å²) in [4.78, 5) is 11.0. The average molecular weight is 174 g/mol. The number of aliphatic hydroxyl groups excluding tert-OH is 1. The highest BCUT2D eigenvalue weighted by molar-refractivity contribution is 8.14. The molecule has 2 unspecified atom stereocenters. The van der Waals surface area contributed by atoms with E-state index in [4.69, 9.17) is 5.11 Å². The Morgan fingerprint density at radius 1 is 1.55 bits per heavy atom. The Bertz CT molecular complexity index is 163. The first-order valence-electron chi connectivity index (χ1n) is 3.49. The molecule has 2 nitrogen and oxygen atoms in total. The summed E-state index contributed by atoms with van der Waals surface area (Å²) in [6.07, 6.45) is -0.455. The first-order chi connectivity index (χ1) is 4.95. The van der Waals surface area contributed by atoms with Gasteiger partial charge in [-0.1, -0.05) is 25.3 Å². The van der Waals surface area contributed by atoms with E-state index in [0.717, 1.165) is 11.8 Å². The first kappa shape index (κ1) is 10.7. The van der Waals surface area contributed by atoms with Gasteiger partial charge in [-0.05, 0) is 19.4 Å². The molecule has 0 aromatic heterocycles. The smallest absolute Gasteiger partial charge is 0.214 e. The van der Waals surface area contributed by atoms with E-state index in [1.165, 1.54) is 0 Å². The molecule has 0 radical (unpaired) electrons. The van der Waals surface area contributed by atoms with E-state index < -0.39 is 6.10 Å². The second-order valence-electron chi connectivity index (χ2n) is 2.63. The van der Waals surface area contributed by atoms with Gasteiger partial charge < -0.3 is 5.11 Å². The molecule has 0 heterocycles. The number of aliphatic hydroxyl groups is 1. The standard InChI is InChI=1S/C8H14O2S/c1-5(2)8(10)11-7(4)6(3)9/h6-7,9H,1H2,2-4H3. The third-order valence-corrected chi connectivity index (χ3v) is 2.65. The van der Waals surface area contributed by atoms with Gasteiger partial charge in [-0.2, -0.15) is 0 Å². The van der Waals surface area contributed by atoms with Crippen LogP contribution in [0.4, 0.5) is 0 Å². The van der Waals surface area contributed by atoms with Crippen molar-refractivity contribution in [1.82, 2.24) is 0 Å². The molecule has 11 heavy (non-hydrogen) atoms. The molecule has 2 atom stereocenters. The molecule has 0 aliphatic rings. The van der Waals surface area contributed by atoms with Crippen LogP contribution in [0.3, 0.4) is 0 Å². The fourth-order valence-electron chi connectivity index (χ4n) is 0.368. The van der Waals surface area contributed by atoms with Crippen LogP contribution in [0, 0.1) is 0 Å². The minimum Gasteiger partial charge on any atom is -0.392 e. The number of thioether (sulfide) groups is 1. The fourth-order valence-corrected chi connectivity index (χ4v) is 1.10. The summed E-state index contributed by atoms with van der Waals surface area (Å²) in [5.41, 5.74) is 0.530. The second kappa shape index (κ2) is 4.57. The van der Waals surface area contributed by atoms with Crippen molar-refractivity contribution in [3.63, 3.8) is 0 Å². The SMILES string of the molecule is C=C(C)C(=O)SC(C)C(C)O. The number of hydrogen-bond donors (Lipinski definition) is 1. The maximum absolute atomic E-state index is 11.0. The van der Waals surface area contributed by atoms with Gasteiger partial charge in [-0.15, -0.1) is 0 Å².